The predicted octanol–water partition coefficient (Wildman–Crippen LogP) is 4.90. The molecule has 0 saturated carbocycles. The number of furan rings is 1. The van der Waals surface area contributed by atoms with Crippen molar-refractivity contribution >= 4 is 11.6 Å². The average molecular weight is 304 g/mol. The summed E-state index contributed by atoms with van der Waals surface area (Å²) in [6.45, 7) is 1.91. The Labute approximate surface area is 119 Å². The lowest BCUT2D eigenvalue weighted by Crippen LogP contribution is -2.11. The van der Waals surface area contributed by atoms with Crippen molar-refractivity contribution in [2.45, 2.75) is 19.1 Å². The van der Waals surface area contributed by atoms with Gasteiger partial charge in [-0.2, -0.15) is 13.2 Å². The molecule has 1 N–H and O–H groups in total. The smallest absolute Gasteiger partial charge is 0.416 e. The Morgan fingerprint density at radius 3 is 2.45 bits per heavy atom. The van der Waals surface area contributed by atoms with E-state index in [9.17, 15) is 13.2 Å². The van der Waals surface area contributed by atoms with Gasteiger partial charge >= 0.3 is 6.18 Å². The van der Waals surface area contributed by atoms with Crippen molar-refractivity contribution in [1.82, 2.24) is 5.32 Å². The van der Waals surface area contributed by atoms with Gasteiger partial charge in [-0.1, -0.05) is 11.6 Å². The van der Waals surface area contributed by atoms with Gasteiger partial charge in [0.05, 0.1) is 16.6 Å². The molecule has 0 saturated heterocycles. The van der Waals surface area contributed by atoms with Crippen LogP contribution in [0, 0.1) is 0 Å². The lowest BCUT2D eigenvalue weighted by Gasteiger charge is -2.09. The van der Waals surface area contributed by atoms with E-state index in [1.54, 1.807) is 19.2 Å². The molecule has 0 bridgehead atoms. The standard InChI is InChI=1S/C14H13ClF3NO/c1-8(19-2)12-5-6-13(20-12)10-4-3-9(7-11(10)15)14(16,17)18/h3-8,19H,1-2H3. The van der Waals surface area contributed by atoms with Crippen molar-refractivity contribution in [3.8, 4) is 11.3 Å². The minimum absolute atomic E-state index is 0.0111. The van der Waals surface area contributed by atoms with Crippen LogP contribution in [0.3, 0.4) is 0 Å². The Kier molecular flexibility index (Phi) is 4.11. The third-order valence-electron chi connectivity index (χ3n) is 3.05. The van der Waals surface area contributed by atoms with E-state index in [0.29, 0.717) is 17.1 Å². The molecular weight excluding hydrogens is 291 g/mol. The average Bonchev–Trinajstić information content (AvgIpc) is 2.86. The Balaban J connectivity index is 2.36. The molecule has 1 atom stereocenters. The highest BCUT2D eigenvalue weighted by Crippen LogP contribution is 2.36. The zero-order valence-corrected chi connectivity index (χ0v) is 11.6. The Morgan fingerprint density at radius 2 is 1.90 bits per heavy atom. The second-order valence-corrected chi connectivity index (χ2v) is 4.81. The molecule has 108 valence electrons. The molecule has 0 aliphatic heterocycles. The molecule has 20 heavy (non-hydrogen) atoms. The number of rotatable bonds is 3. The molecule has 0 radical (unpaired) electrons. The number of hydrogen-bond donors (Lipinski definition) is 1. The van der Waals surface area contributed by atoms with Crippen molar-refractivity contribution in [3.63, 3.8) is 0 Å². The SMILES string of the molecule is CNC(C)c1ccc(-c2ccc(C(F)(F)F)cc2Cl)o1. The van der Waals surface area contributed by atoms with E-state index < -0.39 is 11.7 Å². The monoisotopic (exact) mass is 303 g/mol. The summed E-state index contributed by atoms with van der Waals surface area (Å²) in [5.74, 6) is 1.14. The predicted molar refractivity (Wildman–Crippen MR) is 71.6 cm³/mol. The fraction of sp³-hybridized carbons (Fsp3) is 0.286. The number of alkyl halides is 3. The number of nitrogens with one attached hydrogen (secondary N) is 1. The summed E-state index contributed by atoms with van der Waals surface area (Å²) in [4.78, 5) is 0. The summed E-state index contributed by atoms with van der Waals surface area (Å²) in [5, 5.41) is 3.03. The molecular formula is C14H13ClF3NO. The third kappa shape index (κ3) is 2.99. The first kappa shape index (κ1) is 14.9. The largest absolute Gasteiger partial charge is 0.459 e. The molecule has 0 spiro atoms. The normalized spacial score (nSPS) is 13.5. The summed E-state index contributed by atoms with van der Waals surface area (Å²) in [6.07, 6.45) is -4.41. The maximum absolute atomic E-state index is 12.6. The lowest BCUT2D eigenvalue weighted by atomic mass is 10.1. The fourth-order valence-corrected chi connectivity index (χ4v) is 2.04. The molecule has 6 heteroatoms. The van der Waals surface area contributed by atoms with Crippen LogP contribution in [0.15, 0.2) is 34.7 Å². The molecule has 1 aromatic heterocycles. The van der Waals surface area contributed by atoms with Gasteiger partial charge in [-0.3, -0.25) is 0 Å². The highest BCUT2D eigenvalue weighted by molar-refractivity contribution is 6.33. The van der Waals surface area contributed by atoms with Crippen LogP contribution in [0.2, 0.25) is 5.02 Å². The third-order valence-corrected chi connectivity index (χ3v) is 3.36. The van der Waals surface area contributed by atoms with E-state index in [0.717, 1.165) is 12.1 Å². The van der Waals surface area contributed by atoms with Crippen LogP contribution in [-0.4, -0.2) is 7.05 Å². The van der Waals surface area contributed by atoms with E-state index in [2.05, 4.69) is 5.32 Å². The maximum Gasteiger partial charge on any atom is 0.416 e. The van der Waals surface area contributed by atoms with E-state index in [1.807, 2.05) is 6.92 Å². The summed E-state index contributed by atoms with van der Waals surface area (Å²) in [7, 11) is 1.79. The topological polar surface area (TPSA) is 25.2 Å². The number of benzene rings is 1. The highest BCUT2D eigenvalue weighted by Gasteiger charge is 2.31. The molecule has 2 rings (SSSR count). The highest BCUT2D eigenvalue weighted by atomic mass is 35.5. The van der Waals surface area contributed by atoms with Crippen LogP contribution in [0.4, 0.5) is 13.2 Å². The maximum atomic E-state index is 12.6. The van der Waals surface area contributed by atoms with Gasteiger partial charge < -0.3 is 9.73 Å². The van der Waals surface area contributed by atoms with E-state index in [-0.39, 0.29) is 11.1 Å². The van der Waals surface area contributed by atoms with Crippen LogP contribution < -0.4 is 5.32 Å². The minimum Gasteiger partial charge on any atom is -0.459 e. The summed E-state index contributed by atoms with van der Waals surface area (Å²) in [6, 6.07) is 6.68. The fourth-order valence-electron chi connectivity index (χ4n) is 1.76. The quantitative estimate of drug-likeness (QED) is 0.872. The van der Waals surface area contributed by atoms with Crippen molar-refractivity contribution in [2.24, 2.45) is 0 Å². The number of halogens is 4. The molecule has 0 aliphatic rings. The van der Waals surface area contributed by atoms with Gasteiger partial charge in [0.1, 0.15) is 11.5 Å². The first-order chi connectivity index (χ1) is 9.32. The molecule has 0 fully saturated rings. The van der Waals surface area contributed by atoms with Crippen molar-refractivity contribution < 1.29 is 17.6 Å². The van der Waals surface area contributed by atoms with Crippen LogP contribution >= 0.6 is 11.6 Å². The van der Waals surface area contributed by atoms with Gasteiger partial charge in [-0.25, -0.2) is 0 Å². The minimum atomic E-state index is -4.41. The van der Waals surface area contributed by atoms with Crippen LogP contribution in [0.5, 0.6) is 0 Å². The Morgan fingerprint density at radius 1 is 1.20 bits per heavy atom. The van der Waals surface area contributed by atoms with Gasteiger partial charge in [0.25, 0.3) is 0 Å². The number of hydrogen-bond acceptors (Lipinski definition) is 2. The molecule has 2 aromatic rings. The molecule has 1 heterocycles. The molecule has 0 aliphatic carbocycles. The summed E-state index contributed by atoms with van der Waals surface area (Å²) in [5.41, 5.74) is -0.337. The molecule has 1 aromatic carbocycles. The van der Waals surface area contributed by atoms with Gasteiger partial charge in [0.2, 0.25) is 0 Å². The zero-order chi connectivity index (χ0) is 14.9. The van der Waals surface area contributed by atoms with Crippen LogP contribution in [0.1, 0.15) is 24.3 Å². The summed E-state index contributed by atoms with van der Waals surface area (Å²) < 4.78 is 43.3. The van der Waals surface area contributed by atoms with Crippen molar-refractivity contribution in [2.75, 3.05) is 7.05 Å². The van der Waals surface area contributed by atoms with Crippen molar-refractivity contribution in [3.05, 3.63) is 46.7 Å². The van der Waals surface area contributed by atoms with Crippen LogP contribution in [-0.2, 0) is 6.18 Å². The second-order valence-electron chi connectivity index (χ2n) is 4.40. The van der Waals surface area contributed by atoms with Gasteiger partial charge in [0.15, 0.2) is 0 Å². The summed E-state index contributed by atoms with van der Waals surface area (Å²) >= 11 is 5.92. The molecule has 1 unspecified atom stereocenters. The van der Waals surface area contributed by atoms with E-state index >= 15 is 0 Å². The van der Waals surface area contributed by atoms with E-state index in [4.69, 9.17) is 16.0 Å². The van der Waals surface area contributed by atoms with Gasteiger partial charge in [-0.05, 0) is 44.3 Å². The second kappa shape index (κ2) is 5.50. The van der Waals surface area contributed by atoms with Gasteiger partial charge in [-0.15, -0.1) is 0 Å². The van der Waals surface area contributed by atoms with Gasteiger partial charge in [0, 0.05) is 5.56 Å². The first-order valence-electron chi connectivity index (χ1n) is 5.97. The first-order valence-corrected chi connectivity index (χ1v) is 6.35. The zero-order valence-electron chi connectivity index (χ0n) is 10.9. The Hall–Kier alpha value is -1.46. The van der Waals surface area contributed by atoms with Crippen LogP contribution in [0.25, 0.3) is 11.3 Å². The molecule has 2 nitrogen and oxygen atoms in total. The van der Waals surface area contributed by atoms with Crippen molar-refractivity contribution in [1.29, 1.82) is 0 Å². The van der Waals surface area contributed by atoms with E-state index in [1.165, 1.54) is 6.07 Å². The lowest BCUT2D eigenvalue weighted by molar-refractivity contribution is -0.137. The Bertz CT molecular complexity index is 607. The molecule has 0 amide bonds.